The zero-order valence-corrected chi connectivity index (χ0v) is 20.7. The average molecular weight is 558 g/mol. The summed E-state index contributed by atoms with van der Waals surface area (Å²) >= 11 is 10.1. The first-order valence-corrected chi connectivity index (χ1v) is 11.6. The number of rotatable bonds is 6. The van der Waals surface area contributed by atoms with Crippen molar-refractivity contribution < 1.29 is 28.5 Å². The van der Waals surface area contributed by atoms with Crippen molar-refractivity contribution in [1.82, 2.24) is 5.43 Å². The number of benzene rings is 3. The van der Waals surface area contributed by atoms with Gasteiger partial charge in [0, 0.05) is 4.47 Å². The third kappa shape index (κ3) is 4.40. The minimum absolute atomic E-state index is 0.0401. The van der Waals surface area contributed by atoms with Crippen LogP contribution < -0.4 is 29.4 Å². The third-order valence-electron chi connectivity index (χ3n) is 5.40. The fourth-order valence-corrected chi connectivity index (χ4v) is 4.32. The maximum atomic E-state index is 12.9. The quantitative estimate of drug-likeness (QED) is 0.343. The molecule has 1 N–H and O–H groups in total. The first kappa shape index (κ1) is 23.1. The number of anilines is 1. The van der Waals surface area contributed by atoms with Gasteiger partial charge in [-0.3, -0.25) is 15.0 Å². The molecule has 1 fully saturated rings. The Bertz CT molecular complexity index is 1360. The number of hydrogen-bond donors (Lipinski definition) is 1. The van der Waals surface area contributed by atoms with Gasteiger partial charge in [0.1, 0.15) is 17.2 Å². The van der Waals surface area contributed by atoms with Crippen molar-refractivity contribution in [3.05, 3.63) is 80.8 Å². The van der Waals surface area contributed by atoms with Gasteiger partial charge in [-0.1, -0.05) is 35.9 Å². The number of para-hydroxylation sites is 1. The minimum atomic E-state index is -0.524. The van der Waals surface area contributed by atoms with Crippen LogP contribution in [-0.2, 0) is 16.2 Å². The van der Waals surface area contributed by atoms with Crippen LogP contribution in [0, 0.1) is 0 Å². The normalized spacial score (nSPS) is 15.5. The Kier molecular flexibility index (Phi) is 6.27. The van der Waals surface area contributed by atoms with Gasteiger partial charge in [0.2, 0.25) is 6.79 Å². The number of hydrogen-bond acceptors (Lipinski definition) is 6. The van der Waals surface area contributed by atoms with E-state index < -0.39 is 11.8 Å². The van der Waals surface area contributed by atoms with Crippen LogP contribution >= 0.6 is 27.5 Å². The summed E-state index contributed by atoms with van der Waals surface area (Å²) in [7, 11) is 1.48. The SMILES string of the molecule is COc1cc(/C=C2/C(=O)NN(c3ccccc3)C2=O)c(Br)c(Cl)c1OCc1ccc2c(c1)OCO2. The molecule has 3 aromatic carbocycles. The molecule has 178 valence electrons. The zero-order valence-electron chi connectivity index (χ0n) is 18.3. The van der Waals surface area contributed by atoms with E-state index >= 15 is 0 Å². The number of methoxy groups -OCH3 is 1. The molecule has 1 saturated heterocycles. The maximum Gasteiger partial charge on any atom is 0.282 e. The minimum Gasteiger partial charge on any atom is -0.493 e. The van der Waals surface area contributed by atoms with Crippen molar-refractivity contribution >= 4 is 51.1 Å². The smallest absolute Gasteiger partial charge is 0.282 e. The van der Waals surface area contributed by atoms with E-state index in [0.29, 0.717) is 38.7 Å². The first-order chi connectivity index (χ1) is 17.0. The van der Waals surface area contributed by atoms with Crippen LogP contribution in [0.4, 0.5) is 5.69 Å². The summed E-state index contributed by atoms with van der Waals surface area (Å²) < 4.78 is 22.6. The third-order valence-corrected chi connectivity index (χ3v) is 6.84. The molecule has 35 heavy (non-hydrogen) atoms. The fraction of sp³-hybridized carbons (Fsp3) is 0.120. The fourth-order valence-electron chi connectivity index (χ4n) is 3.65. The molecule has 0 spiro atoms. The van der Waals surface area contributed by atoms with Crippen molar-refractivity contribution in [1.29, 1.82) is 0 Å². The second kappa shape index (κ2) is 9.52. The van der Waals surface area contributed by atoms with Gasteiger partial charge in [0.05, 0.1) is 12.8 Å². The lowest BCUT2D eigenvalue weighted by Gasteiger charge is -2.16. The molecule has 2 aliphatic rings. The summed E-state index contributed by atoms with van der Waals surface area (Å²) in [5.74, 6) is 0.984. The van der Waals surface area contributed by atoms with Crippen LogP contribution in [0.5, 0.6) is 23.0 Å². The summed E-state index contributed by atoms with van der Waals surface area (Å²) in [5, 5.41) is 1.44. The van der Waals surface area contributed by atoms with Gasteiger partial charge in [-0.25, -0.2) is 5.01 Å². The molecule has 2 heterocycles. The van der Waals surface area contributed by atoms with Gasteiger partial charge in [-0.05, 0) is 63.5 Å². The van der Waals surface area contributed by atoms with E-state index in [1.54, 1.807) is 30.3 Å². The van der Waals surface area contributed by atoms with E-state index in [2.05, 4.69) is 21.4 Å². The van der Waals surface area contributed by atoms with Gasteiger partial charge < -0.3 is 18.9 Å². The number of carbonyl (C=O) groups excluding carboxylic acids is 2. The Hall–Kier alpha value is -3.69. The summed E-state index contributed by atoms with van der Waals surface area (Å²) in [6, 6.07) is 16.0. The van der Waals surface area contributed by atoms with Gasteiger partial charge in [0.25, 0.3) is 11.8 Å². The molecule has 0 aliphatic carbocycles. The molecule has 0 radical (unpaired) electrons. The highest BCUT2D eigenvalue weighted by Gasteiger charge is 2.34. The lowest BCUT2D eigenvalue weighted by atomic mass is 10.1. The lowest BCUT2D eigenvalue weighted by Crippen LogP contribution is -2.35. The van der Waals surface area contributed by atoms with Gasteiger partial charge in [0.15, 0.2) is 23.0 Å². The molecule has 0 aromatic heterocycles. The van der Waals surface area contributed by atoms with Crippen LogP contribution in [-0.4, -0.2) is 25.7 Å². The Balaban J connectivity index is 1.42. The second-order valence-electron chi connectivity index (χ2n) is 7.58. The molecule has 0 unspecified atom stereocenters. The number of fused-ring (bicyclic) bond motifs is 1. The largest absolute Gasteiger partial charge is 0.493 e. The van der Waals surface area contributed by atoms with E-state index in [0.717, 1.165) is 5.56 Å². The van der Waals surface area contributed by atoms with Crippen LogP contribution in [0.2, 0.25) is 5.02 Å². The van der Waals surface area contributed by atoms with E-state index in [-0.39, 0.29) is 24.0 Å². The molecule has 0 bridgehead atoms. The summed E-state index contributed by atoms with van der Waals surface area (Å²) in [5.41, 5.74) is 4.42. The number of carbonyl (C=O) groups is 2. The highest BCUT2D eigenvalue weighted by molar-refractivity contribution is 9.10. The van der Waals surface area contributed by atoms with Crippen LogP contribution in [0.3, 0.4) is 0 Å². The van der Waals surface area contributed by atoms with E-state index in [9.17, 15) is 9.59 Å². The second-order valence-corrected chi connectivity index (χ2v) is 8.75. The molecule has 8 nitrogen and oxygen atoms in total. The molecule has 0 atom stereocenters. The number of halogens is 2. The predicted octanol–water partition coefficient (Wildman–Crippen LogP) is 4.88. The van der Waals surface area contributed by atoms with E-state index in [1.807, 2.05) is 24.3 Å². The van der Waals surface area contributed by atoms with Crippen LogP contribution in [0.25, 0.3) is 6.08 Å². The lowest BCUT2D eigenvalue weighted by molar-refractivity contribution is -0.117. The number of nitrogens with zero attached hydrogens (tertiary/aromatic N) is 1. The van der Waals surface area contributed by atoms with Crippen LogP contribution in [0.1, 0.15) is 11.1 Å². The average Bonchev–Trinajstić information content (AvgIpc) is 3.45. The highest BCUT2D eigenvalue weighted by atomic mass is 79.9. The van der Waals surface area contributed by atoms with Crippen molar-refractivity contribution in [3.8, 4) is 23.0 Å². The number of hydrazine groups is 1. The van der Waals surface area contributed by atoms with Crippen molar-refractivity contribution in [3.63, 3.8) is 0 Å². The van der Waals surface area contributed by atoms with Crippen molar-refractivity contribution in [2.24, 2.45) is 0 Å². The molecule has 2 aliphatic heterocycles. The molecule has 0 saturated carbocycles. The van der Waals surface area contributed by atoms with E-state index in [4.69, 9.17) is 30.5 Å². The van der Waals surface area contributed by atoms with E-state index in [1.165, 1.54) is 18.2 Å². The first-order valence-electron chi connectivity index (χ1n) is 10.5. The molecule has 2 amide bonds. The van der Waals surface area contributed by atoms with Gasteiger partial charge >= 0.3 is 0 Å². The predicted molar refractivity (Wildman–Crippen MR) is 133 cm³/mol. The molecule has 3 aromatic rings. The maximum absolute atomic E-state index is 12.9. The van der Waals surface area contributed by atoms with Gasteiger partial charge in [-0.2, -0.15) is 0 Å². The standard InChI is InChI=1S/C25H18BrClN2O6/c1-32-20-11-15(10-17-24(30)28-29(25(17)31)16-5-3-2-4-6-16)21(26)22(27)23(20)33-12-14-7-8-18-19(9-14)35-13-34-18/h2-11H,12-13H2,1H3,(H,28,30)/b17-10-. The molecule has 5 rings (SSSR count). The zero-order chi connectivity index (χ0) is 24.5. The van der Waals surface area contributed by atoms with Gasteiger partial charge in [-0.15, -0.1) is 0 Å². The summed E-state index contributed by atoms with van der Waals surface area (Å²) in [6.07, 6.45) is 1.46. The van der Waals surface area contributed by atoms with Crippen LogP contribution in [0.15, 0.2) is 64.6 Å². The van der Waals surface area contributed by atoms with Crippen molar-refractivity contribution in [2.75, 3.05) is 18.9 Å². The number of nitrogens with one attached hydrogen (secondary N) is 1. The summed E-state index contributed by atoms with van der Waals surface area (Å²) in [6.45, 7) is 0.388. The Labute approximate surface area is 214 Å². The molecular weight excluding hydrogens is 540 g/mol. The molecular formula is C25H18BrClN2O6. The highest BCUT2D eigenvalue weighted by Crippen LogP contribution is 2.44. The monoisotopic (exact) mass is 556 g/mol. The Morgan fingerprint density at radius 1 is 1.11 bits per heavy atom. The molecule has 10 heteroatoms. The summed E-state index contributed by atoms with van der Waals surface area (Å²) in [4.78, 5) is 25.5. The topological polar surface area (TPSA) is 86.3 Å². The Morgan fingerprint density at radius 2 is 1.89 bits per heavy atom. The Morgan fingerprint density at radius 3 is 2.66 bits per heavy atom. The number of amides is 2. The van der Waals surface area contributed by atoms with Crippen molar-refractivity contribution in [2.45, 2.75) is 6.61 Å². The number of ether oxygens (including phenoxy) is 4.